The maximum Gasteiger partial charge on any atom is 0.251 e. The molecule has 2 aromatic carbocycles. The van der Waals surface area contributed by atoms with Crippen molar-refractivity contribution in [1.29, 1.82) is 0 Å². The summed E-state index contributed by atoms with van der Waals surface area (Å²) in [6.45, 7) is 13.3. The van der Waals surface area contributed by atoms with Gasteiger partial charge in [-0.2, -0.15) is 0 Å². The molecular formula is C41H61NO6. The van der Waals surface area contributed by atoms with Crippen molar-refractivity contribution < 1.29 is 28.5 Å². The molecule has 3 rings (SSSR count). The first-order valence-electron chi connectivity index (χ1n) is 18.2. The summed E-state index contributed by atoms with van der Waals surface area (Å²) >= 11 is 0. The molecule has 0 bridgehead atoms. The van der Waals surface area contributed by atoms with Crippen molar-refractivity contribution in [1.82, 2.24) is 4.90 Å². The maximum absolute atomic E-state index is 13.8. The fraction of sp³-hybridized carbons (Fsp3) is 0.585. The van der Waals surface area contributed by atoms with Crippen LogP contribution in [0.3, 0.4) is 0 Å². The molecule has 0 aliphatic carbocycles. The highest BCUT2D eigenvalue weighted by Gasteiger charge is 2.36. The Morgan fingerprint density at radius 1 is 0.812 bits per heavy atom. The van der Waals surface area contributed by atoms with E-state index in [1.807, 2.05) is 59.5 Å². The van der Waals surface area contributed by atoms with E-state index in [2.05, 4.69) is 32.2 Å². The minimum Gasteiger partial charge on any atom is -0.497 e. The molecule has 7 heteroatoms. The van der Waals surface area contributed by atoms with Gasteiger partial charge in [0.25, 0.3) is 5.91 Å². The third-order valence-corrected chi connectivity index (χ3v) is 8.95. The summed E-state index contributed by atoms with van der Waals surface area (Å²) in [6.07, 6.45) is 14.4. The Morgan fingerprint density at radius 3 is 2.10 bits per heavy atom. The number of carbonyl (C=O) groups excluding carboxylic acids is 1. The highest BCUT2D eigenvalue weighted by Crippen LogP contribution is 2.26. The Hall–Kier alpha value is -2.97. The van der Waals surface area contributed by atoms with Crippen LogP contribution in [0.15, 0.2) is 79.9 Å². The zero-order valence-corrected chi connectivity index (χ0v) is 29.7. The van der Waals surface area contributed by atoms with Gasteiger partial charge >= 0.3 is 0 Å². The lowest BCUT2D eigenvalue weighted by atomic mass is 9.97. The van der Waals surface area contributed by atoms with Crippen LogP contribution in [0.25, 0.3) is 0 Å². The van der Waals surface area contributed by atoms with Crippen molar-refractivity contribution in [3.63, 3.8) is 0 Å². The van der Waals surface area contributed by atoms with Gasteiger partial charge in [-0.25, -0.2) is 0 Å². The molecule has 0 radical (unpaired) electrons. The van der Waals surface area contributed by atoms with E-state index in [1.54, 1.807) is 7.11 Å². The van der Waals surface area contributed by atoms with Gasteiger partial charge in [0.15, 0.2) is 0 Å². The normalized spacial score (nSPS) is 15.8. The molecule has 1 fully saturated rings. The number of allylic oxidation sites excluding steroid dienone is 1. The molecule has 1 saturated heterocycles. The van der Waals surface area contributed by atoms with Crippen molar-refractivity contribution >= 4 is 5.91 Å². The fourth-order valence-electron chi connectivity index (χ4n) is 6.12. The summed E-state index contributed by atoms with van der Waals surface area (Å²) in [7, 11) is 1.67. The topological polar surface area (TPSA) is 66.5 Å². The highest BCUT2D eigenvalue weighted by atomic mass is 16.6. The smallest absolute Gasteiger partial charge is 0.251 e. The maximum atomic E-state index is 13.8. The zero-order chi connectivity index (χ0) is 34.2. The number of benzene rings is 2. The molecule has 0 N–H and O–H groups in total. The number of methoxy groups -OCH3 is 1. The van der Waals surface area contributed by atoms with Gasteiger partial charge in [-0.1, -0.05) is 113 Å². The van der Waals surface area contributed by atoms with Crippen molar-refractivity contribution in [2.45, 2.75) is 122 Å². The average molecular weight is 664 g/mol. The molecular weight excluding hydrogens is 602 g/mol. The van der Waals surface area contributed by atoms with E-state index < -0.39 is 18.3 Å². The third kappa shape index (κ3) is 14.7. The Balaban J connectivity index is 1.86. The molecule has 1 amide bonds. The first-order valence-corrected chi connectivity index (χ1v) is 18.2. The number of morpholine rings is 1. The van der Waals surface area contributed by atoms with Crippen molar-refractivity contribution in [2.24, 2.45) is 0 Å². The summed E-state index contributed by atoms with van der Waals surface area (Å²) in [5.41, 5.74) is 2.14. The second-order valence-corrected chi connectivity index (χ2v) is 12.7. The van der Waals surface area contributed by atoms with Crippen LogP contribution in [0.5, 0.6) is 5.75 Å². The summed E-state index contributed by atoms with van der Waals surface area (Å²) in [6, 6.07) is 18.2. The molecule has 4 atom stereocenters. The Morgan fingerprint density at radius 2 is 1.46 bits per heavy atom. The van der Waals surface area contributed by atoms with Gasteiger partial charge in [-0.3, -0.25) is 4.79 Å². The van der Waals surface area contributed by atoms with Crippen molar-refractivity contribution in [3.8, 4) is 5.75 Å². The highest BCUT2D eigenvalue weighted by molar-refractivity contribution is 5.81. The van der Waals surface area contributed by atoms with Crippen LogP contribution in [0.2, 0.25) is 0 Å². The molecule has 0 spiro atoms. The summed E-state index contributed by atoms with van der Waals surface area (Å²) in [5, 5.41) is 0. The first kappa shape index (κ1) is 39.5. The van der Waals surface area contributed by atoms with Crippen molar-refractivity contribution in [2.75, 3.05) is 33.4 Å². The zero-order valence-electron chi connectivity index (χ0n) is 29.7. The van der Waals surface area contributed by atoms with E-state index in [0.717, 1.165) is 36.1 Å². The van der Waals surface area contributed by atoms with Crippen LogP contribution < -0.4 is 4.74 Å². The van der Waals surface area contributed by atoms with E-state index in [1.165, 1.54) is 38.5 Å². The van der Waals surface area contributed by atoms with Crippen LogP contribution in [0.4, 0.5) is 0 Å². The molecule has 2 aromatic rings. The van der Waals surface area contributed by atoms with Gasteiger partial charge in [0.2, 0.25) is 0 Å². The van der Waals surface area contributed by atoms with Crippen LogP contribution in [-0.4, -0.2) is 68.6 Å². The van der Waals surface area contributed by atoms with Crippen LogP contribution in [0, 0.1) is 0 Å². The predicted molar refractivity (Wildman–Crippen MR) is 194 cm³/mol. The molecule has 266 valence electrons. The first-order chi connectivity index (χ1) is 23.6. The fourth-order valence-corrected chi connectivity index (χ4v) is 6.12. The Labute approximate surface area is 290 Å². The Kier molecular flexibility index (Phi) is 19.9. The van der Waals surface area contributed by atoms with Crippen LogP contribution >= 0.6 is 0 Å². The number of hydrogen-bond acceptors (Lipinski definition) is 6. The lowest BCUT2D eigenvalue weighted by molar-refractivity contribution is -0.178. The Bertz CT molecular complexity index is 1130. The van der Waals surface area contributed by atoms with Gasteiger partial charge in [0.05, 0.1) is 45.7 Å². The second-order valence-electron chi connectivity index (χ2n) is 12.7. The largest absolute Gasteiger partial charge is 0.497 e. The predicted octanol–water partition coefficient (Wildman–Crippen LogP) is 8.85. The quantitative estimate of drug-likeness (QED) is 0.0740. The lowest BCUT2D eigenvalue weighted by Crippen LogP contribution is -2.50. The molecule has 0 aromatic heterocycles. The molecule has 1 unspecified atom stereocenters. The summed E-state index contributed by atoms with van der Waals surface area (Å²) in [5.74, 6) is 0.793. The van der Waals surface area contributed by atoms with Crippen molar-refractivity contribution in [3.05, 3.63) is 91.0 Å². The number of nitrogens with zero attached hydrogens (tertiary/aromatic N) is 1. The molecule has 1 aliphatic heterocycles. The molecule has 7 nitrogen and oxygen atoms in total. The molecule has 1 aliphatic rings. The summed E-state index contributed by atoms with van der Waals surface area (Å²) in [4.78, 5) is 15.7. The van der Waals surface area contributed by atoms with E-state index in [9.17, 15) is 4.79 Å². The van der Waals surface area contributed by atoms with E-state index in [4.69, 9.17) is 23.7 Å². The van der Waals surface area contributed by atoms with Crippen LogP contribution in [0.1, 0.15) is 95.1 Å². The van der Waals surface area contributed by atoms with Gasteiger partial charge in [0, 0.05) is 13.1 Å². The second kappa shape index (κ2) is 24.2. The minimum atomic E-state index is -0.629. The van der Waals surface area contributed by atoms with E-state index in [0.29, 0.717) is 58.8 Å². The van der Waals surface area contributed by atoms with Gasteiger partial charge in [-0.05, 0) is 48.9 Å². The number of unbranched alkanes of at least 4 members (excludes halogenated alkanes) is 7. The number of rotatable bonds is 26. The monoisotopic (exact) mass is 663 g/mol. The van der Waals surface area contributed by atoms with E-state index >= 15 is 0 Å². The third-order valence-electron chi connectivity index (χ3n) is 8.95. The lowest BCUT2D eigenvalue weighted by Gasteiger charge is -2.37. The number of carbonyl (C=O) groups is 1. The summed E-state index contributed by atoms with van der Waals surface area (Å²) < 4.78 is 31.3. The molecule has 1 heterocycles. The number of ether oxygens (including phenoxy) is 5. The van der Waals surface area contributed by atoms with Crippen LogP contribution in [-0.2, 0) is 37.0 Å². The van der Waals surface area contributed by atoms with Gasteiger partial charge < -0.3 is 28.6 Å². The number of amides is 1. The average Bonchev–Trinajstić information content (AvgIpc) is 3.13. The standard InChI is InChI=1S/C41H61NO6/c1-5-8-10-11-12-13-14-18-23-37(46-32-34-20-16-15-17-21-34)40(47-33-35-24-26-36(44-4)27-25-35)38(19-7-3)48-39(22-9-6-2)41(43)42-28-30-45-31-29-42/h6-7,15-17,20-21,24-27,37-40H,2-3,5,8-14,18-19,22-23,28-33H2,1,4H3/t37-,38+,39?,40+/m1/s1. The SMILES string of the molecule is C=CCCC(O[C@@H](CC=C)[C@@H](OCc1ccc(OC)cc1)[C@@H](CCCCCCCCCC)OCc1ccccc1)C(=O)N1CCOCC1. The van der Waals surface area contributed by atoms with E-state index in [-0.39, 0.29) is 12.0 Å². The number of hydrogen-bond donors (Lipinski definition) is 0. The molecule has 48 heavy (non-hydrogen) atoms. The van der Waals surface area contributed by atoms with Gasteiger partial charge in [0.1, 0.15) is 18.0 Å². The minimum absolute atomic E-state index is 0.00653. The molecule has 0 saturated carbocycles. The van der Waals surface area contributed by atoms with Gasteiger partial charge in [-0.15, -0.1) is 13.2 Å².